The Hall–Kier alpha value is -2.75. The summed E-state index contributed by atoms with van der Waals surface area (Å²) >= 11 is 0. The van der Waals surface area contributed by atoms with Crippen molar-refractivity contribution in [3.8, 4) is 0 Å². The van der Waals surface area contributed by atoms with Crippen LogP contribution in [0, 0.1) is 0 Å². The lowest BCUT2D eigenvalue weighted by Gasteiger charge is -2.03. The highest BCUT2D eigenvalue weighted by atomic mass is 15.1. The number of anilines is 1. The first-order chi connectivity index (χ1) is 9.88. The molecular weight excluding hydrogens is 248 g/mol. The fraction of sp³-hybridized carbons (Fsp3) is 0.0625. The van der Waals surface area contributed by atoms with Gasteiger partial charge in [0.05, 0.1) is 11.0 Å². The highest BCUT2D eigenvalue weighted by Gasteiger charge is 2.02. The van der Waals surface area contributed by atoms with E-state index in [2.05, 4.69) is 44.5 Å². The maximum absolute atomic E-state index is 4.51. The zero-order valence-electron chi connectivity index (χ0n) is 10.9. The first kappa shape index (κ1) is 11.1. The normalized spacial score (nSPS) is 11.2. The predicted molar refractivity (Wildman–Crippen MR) is 81.7 cm³/mol. The molecule has 3 N–H and O–H groups in total. The monoisotopic (exact) mass is 262 g/mol. The number of nitrogens with zero attached hydrogens (tertiary/aromatic N) is 1. The van der Waals surface area contributed by atoms with Crippen LogP contribution in [0.4, 0.5) is 5.95 Å². The number of aromatic amines is 2. The van der Waals surface area contributed by atoms with Gasteiger partial charge in [-0.15, -0.1) is 0 Å². The van der Waals surface area contributed by atoms with Crippen LogP contribution in [0.1, 0.15) is 5.56 Å². The van der Waals surface area contributed by atoms with Crippen LogP contribution in [0.5, 0.6) is 0 Å². The molecule has 20 heavy (non-hydrogen) atoms. The van der Waals surface area contributed by atoms with Crippen molar-refractivity contribution in [2.24, 2.45) is 0 Å². The Bertz CT molecular complexity index is 837. The molecule has 0 radical (unpaired) electrons. The van der Waals surface area contributed by atoms with Crippen LogP contribution < -0.4 is 5.32 Å². The van der Waals surface area contributed by atoms with Crippen molar-refractivity contribution in [1.82, 2.24) is 15.0 Å². The minimum atomic E-state index is 0.751. The number of nitrogens with one attached hydrogen (secondary N) is 3. The molecule has 4 rings (SSSR count). The summed E-state index contributed by atoms with van der Waals surface area (Å²) in [4.78, 5) is 11.0. The second kappa shape index (κ2) is 4.42. The summed E-state index contributed by atoms with van der Waals surface area (Å²) in [6, 6.07) is 16.5. The molecule has 0 spiro atoms. The van der Waals surface area contributed by atoms with E-state index in [1.54, 1.807) is 0 Å². The number of rotatable bonds is 3. The van der Waals surface area contributed by atoms with Gasteiger partial charge >= 0.3 is 0 Å². The Morgan fingerprint density at radius 1 is 1.00 bits per heavy atom. The SMILES string of the molecule is c1ccc2[nH]c(NCc3ccc4[nH]ccc4c3)nc2c1. The summed E-state index contributed by atoms with van der Waals surface area (Å²) < 4.78 is 0. The van der Waals surface area contributed by atoms with E-state index in [0.717, 1.165) is 29.0 Å². The van der Waals surface area contributed by atoms with Gasteiger partial charge < -0.3 is 15.3 Å². The van der Waals surface area contributed by atoms with Crippen molar-refractivity contribution in [2.45, 2.75) is 6.54 Å². The van der Waals surface area contributed by atoms with Crippen LogP contribution in [0.15, 0.2) is 54.7 Å². The molecule has 4 heteroatoms. The van der Waals surface area contributed by atoms with Crippen molar-refractivity contribution in [3.05, 3.63) is 60.3 Å². The van der Waals surface area contributed by atoms with E-state index in [1.165, 1.54) is 10.9 Å². The number of aromatic nitrogens is 3. The molecule has 2 aromatic heterocycles. The molecule has 0 aliphatic rings. The predicted octanol–water partition coefficient (Wildman–Crippen LogP) is 3.66. The number of imidazole rings is 1. The van der Waals surface area contributed by atoms with E-state index >= 15 is 0 Å². The van der Waals surface area contributed by atoms with E-state index in [4.69, 9.17) is 0 Å². The Morgan fingerprint density at radius 2 is 1.95 bits per heavy atom. The van der Waals surface area contributed by atoms with Crippen LogP contribution >= 0.6 is 0 Å². The molecule has 0 saturated carbocycles. The van der Waals surface area contributed by atoms with Gasteiger partial charge in [-0.25, -0.2) is 4.98 Å². The van der Waals surface area contributed by atoms with Gasteiger partial charge in [-0.1, -0.05) is 18.2 Å². The molecule has 0 saturated heterocycles. The smallest absolute Gasteiger partial charge is 0.201 e. The molecule has 0 bridgehead atoms. The topological polar surface area (TPSA) is 56.5 Å². The van der Waals surface area contributed by atoms with E-state index in [1.807, 2.05) is 30.5 Å². The van der Waals surface area contributed by atoms with Gasteiger partial charge in [0.15, 0.2) is 0 Å². The Morgan fingerprint density at radius 3 is 2.90 bits per heavy atom. The zero-order valence-corrected chi connectivity index (χ0v) is 10.9. The first-order valence-electron chi connectivity index (χ1n) is 6.63. The Kier molecular flexibility index (Phi) is 2.45. The fourth-order valence-electron chi connectivity index (χ4n) is 2.44. The van der Waals surface area contributed by atoms with Crippen LogP contribution in [-0.4, -0.2) is 15.0 Å². The number of benzene rings is 2. The number of H-pyrrole nitrogens is 2. The van der Waals surface area contributed by atoms with E-state index in [9.17, 15) is 0 Å². The maximum Gasteiger partial charge on any atom is 0.201 e. The summed E-state index contributed by atoms with van der Waals surface area (Å²) in [5, 5.41) is 4.56. The molecule has 2 heterocycles. The molecule has 0 unspecified atom stereocenters. The molecule has 0 aliphatic heterocycles. The highest BCUT2D eigenvalue weighted by Crippen LogP contribution is 2.17. The van der Waals surface area contributed by atoms with Crippen LogP contribution in [-0.2, 0) is 6.54 Å². The Balaban J connectivity index is 1.56. The van der Waals surface area contributed by atoms with Crippen molar-refractivity contribution in [2.75, 3.05) is 5.32 Å². The fourth-order valence-corrected chi connectivity index (χ4v) is 2.44. The quantitative estimate of drug-likeness (QED) is 0.528. The van der Waals surface area contributed by atoms with Gasteiger partial charge in [0.25, 0.3) is 0 Å². The van der Waals surface area contributed by atoms with Gasteiger partial charge in [-0.2, -0.15) is 0 Å². The molecule has 0 amide bonds. The van der Waals surface area contributed by atoms with Gasteiger partial charge in [-0.3, -0.25) is 0 Å². The van der Waals surface area contributed by atoms with E-state index < -0.39 is 0 Å². The lowest BCUT2D eigenvalue weighted by atomic mass is 10.1. The summed E-state index contributed by atoms with van der Waals surface area (Å²) in [6.07, 6.45) is 1.96. The minimum Gasteiger partial charge on any atom is -0.361 e. The second-order valence-corrected chi connectivity index (χ2v) is 4.86. The first-order valence-corrected chi connectivity index (χ1v) is 6.63. The summed E-state index contributed by atoms with van der Waals surface area (Å²) in [6.45, 7) is 0.751. The van der Waals surface area contributed by atoms with Gasteiger partial charge in [0, 0.05) is 18.3 Å². The summed E-state index contributed by atoms with van der Waals surface area (Å²) in [5.74, 6) is 0.806. The highest BCUT2D eigenvalue weighted by molar-refractivity contribution is 5.80. The summed E-state index contributed by atoms with van der Waals surface area (Å²) in [7, 11) is 0. The molecule has 0 fully saturated rings. The molecule has 0 aliphatic carbocycles. The van der Waals surface area contributed by atoms with Gasteiger partial charge in [0.1, 0.15) is 0 Å². The molecule has 98 valence electrons. The minimum absolute atomic E-state index is 0.751. The lowest BCUT2D eigenvalue weighted by Crippen LogP contribution is -2.00. The van der Waals surface area contributed by atoms with Crippen LogP contribution in [0.2, 0.25) is 0 Å². The average molecular weight is 262 g/mol. The standard InChI is InChI=1S/C16H14N4/c1-2-4-15-14(3-1)19-16(20-15)18-10-11-5-6-13-12(9-11)7-8-17-13/h1-9,17H,10H2,(H2,18,19,20). The molecule has 4 aromatic rings. The Labute approximate surface area is 115 Å². The van der Waals surface area contributed by atoms with Gasteiger partial charge in [0.2, 0.25) is 5.95 Å². The van der Waals surface area contributed by atoms with Crippen LogP contribution in [0.25, 0.3) is 21.9 Å². The number of fused-ring (bicyclic) bond motifs is 2. The maximum atomic E-state index is 4.51. The molecule has 2 aromatic carbocycles. The van der Waals surface area contributed by atoms with E-state index in [0.29, 0.717) is 0 Å². The molecule has 0 atom stereocenters. The molecule has 4 nitrogen and oxygen atoms in total. The number of para-hydroxylation sites is 2. The van der Waals surface area contributed by atoms with Crippen molar-refractivity contribution in [3.63, 3.8) is 0 Å². The van der Waals surface area contributed by atoms with E-state index in [-0.39, 0.29) is 0 Å². The van der Waals surface area contributed by atoms with Crippen molar-refractivity contribution in [1.29, 1.82) is 0 Å². The lowest BCUT2D eigenvalue weighted by molar-refractivity contribution is 1.10. The number of hydrogen-bond donors (Lipinski definition) is 3. The zero-order chi connectivity index (χ0) is 13.4. The van der Waals surface area contributed by atoms with Gasteiger partial charge in [-0.05, 0) is 41.3 Å². The van der Waals surface area contributed by atoms with Crippen molar-refractivity contribution >= 4 is 27.9 Å². The van der Waals surface area contributed by atoms with Crippen molar-refractivity contribution < 1.29 is 0 Å². The largest absolute Gasteiger partial charge is 0.361 e. The van der Waals surface area contributed by atoms with Crippen LogP contribution in [0.3, 0.4) is 0 Å². The third kappa shape index (κ3) is 1.91. The molecular formula is C16H14N4. The third-order valence-electron chi connectivity index (χ3n) is 3.47. The average Bonchev–Trinajstić information content (AvgIpc) is 3.10. The number of hydrogen-bond acceptors (Lipinski definition) is 2. The summed E-state index contributed by atoms with van der Waals surface area (Å²) in [5.41, 5.74) is 4.43. The second-order valence-electron chi connectivity index (χ2n) is 4.86. The third-order valence-corrected chi connectivity index (χ3v) is 3.47.